The molecule has 0 aliphatic carbocycles. The highest BCUT2D eigenvalue weighted by Crippen LogP contribution is 2.15. The molecule has 17 heavy (non-hydrogen) atoms. The number of carbonyl (C=O) groups is 1. The van der Waals surface area contributed by atoms with E-state index >= 15 is 0 Å². The van der Waals surface area contributed by atoms with Crippen LogP contribution in [0.25, 0.3) is 0 Å². The Morgan fingerprint density at radius 1 is 1.59 bits per heavy atom. The second-order valence-corrected chi connectivity index (χ2v) is 4.50. The van der Waals surface area contributed by atoms with E-state index < -0.39 is 5.97 Å². The van der Waals surface area contributed by atoms with Gasteiger partial charge in [0.1, 0.15) is 0 Å². The smallest absolute Gasteiger partial charge is 0.305 e. The first kappa shape index (κ1) is 12.1. The second-order valence-electron chi connectivity index (χ2n) is 4.50. The van der Waals surface area contributed by atoms with Gasteiger partial charge in [-0.05, 0) is 19.0 Å². The predicted octanol–water partition coefficient (Wildman–Crippen LogP) is -0.321. The first-order valence-corrected chi connectivity index (χ1v) is 5.85. The van der Waals surface area contributed by atoms with Gasteiger partial charge in [-0.25, -0.2) is 0 Å². The topological polar surface area (TPSA) is 79.2 Å². The summed E-state index contributed by atoms with van der Waals surface area (Å²) in [5.74, 6) is -0.744. The Labute approximate surface area is 100 Å². The van der Waals surface area contributed by atoms with Crippen molar-refractivity contribution in [1.82, 2.24) is 20.4 Å². The summed E-state index contributed by atoms with van der Waals surface area (Å²) in [6.07, 6.45) is 4.82. The minimum absolute atomic E-state index is 0.182. The van der Waals surface area contributed by atoms with Gasteiger partial charge in [-0.1, -0.05) is 0 Å². The molecule has 0 amide bonds. The number of nitrogens with zero attached hydrogens (tertiary/aromatic N) is 2. The molecule has 0 radical (unpaired) electrons. The summed E-state index contributed by atoms with van der Waals surface area (Å²) in [7, 11) is 0. The quantitative estimate of drug-likeness (QED) is 0.567. The zero-order valence-electron chi connectivity index (χ0n) is 9.72. The molecule has 1 fully saturated rings. The van der Waals surface area contributed by atoms with Gasteiger partial charge in [0.15, 0.2) is 0 Å². The average Bonchev–Trinajstić information content (AvgIpc) is 2.72. The molecule has 1 aliphatic heterocycles. The van der Waals surface area contributed by atoms with Crippen molar-refractivity contribution in [3.8, 4) is 0 Å². The minimum Gasteiger partial charge on any atom is -0.481 e. The van der Waals surface area contributed by atoms with Gasteiger partial charge in [-0.15, -0.1) is 0 Å². The van der Waals surface area contributed by atoms with Crippen molar-refractivity contribution in [2.45, 2.75) is 24.9 Å². The first-order valence-electron chi connectivity index (χ1n) is 5.85. The lowest BCUT2D eigenvalue weighted by molar-refractivity contribution is -0.139. The van der Waals surface area contributed by atoms with Crippen LogP contribution in [0.2, 0.25) is 0 Å². The number of nitrogens with one attached hydrogen (secondary N) is 2. The molecule has 0 bridgehead atoms. The number of aliphatic carboxylic acids is 1. The SMILES string of the molecule is O=C(O)CC1(NCCCn2cccn2)CNC1. The molecular weight excluding hydrogens is 220 g/mol. The lowest BCUT2D eigenvalue weighted by atomic mass is 9.88. The van der Waals surface area contributed by atoms with Crippen LogP contribution < -0.4 is 10.6 Å². The average molecular weight is 238 g/mol. The van der Waals surface area contributed by atoms with Crippen LogP contribution in [0.1, 0.15) is 12.8 Å². The number of rotatable bonds is 7. The highest BCUT2D eigenvalue weighted by Gasteiger charge is 2.38. The molecule has 1 aromatic heterocycles. The van der Waals surface area contributed by atoms with Crippen LogP contribution in [0.5, 0.6) is 0 Å². The highest BCUT2D eigenvalue weighted by atomic mass is 16.4. The lowest BCUT2D eigenvalue weighted by Gasteiger charge is -2.42. The van der Waals surface area contributed by atoms with Crippen LogP contribution in [-0.2, 0) is 11.3 Å². The Bertz CT molecular complexity index is 360. The van der Waals surface area contributed by atoms with E-state index in [1.54, 1.807) is 6.20 Å². The minimum atomic E-state index is -0.744. The van der Waals surface area contributed by atoms with Crippen molar-refractivity contribution in [1.29, 1.82) is 0 Å². The van der Waals surface area contributed by atoms with Gasteiger partial charge in [-0.2, -0.15) is 5.10 Å². The van der Waals surface area contributed by atoms with E-state index in [2.05, 4.69) is 15.7 Å². The molecule has 3 N–H and O–H groups in total. The fourth-order valence-corrected chi connectivity index (χ4v) is 2.06. The van der Waals surface area contributed by atoms with Crippen molar-refractivity contribution in [2.75, 3.05) is 19.6 Å². The Morgan fingerprint density at radius 3 is 2.94 bits per heavy atom. The number of hydrogen-bond acceptors (Lipinski definition) is 4. The standard InChI is InChI=1S/C11H18N4O2/c16-10(17)7-11(8-12-9-11)13-3-1-5-15-6-2-4-14-15/h2,4,6,12-13H,1,3,5,7-9H2,(H,16,17). The second kappa shape index (κ2) is 5.29. The summed E-state index contributed by atoms with van der Waals surface area (Å²) in [5, 5.41) is 19.4. The molecule has 1 aromatic rings. The van der Waals surface area contributed by atoms with Crippen LogP contribution in [0.15, 0.2) is 18.5 Å². The van der Waals surface area contributed by atoms with Crippen LogP contribution >= 0.6 is 0 Å². The molecule has 1 aliphatic rings. The molecule has 1 saturated heterocycles. The summed E-state index contributed by atoms with van der Waals surface area (Å²) in [6, 6.07) is 1.90. The highest BCUT2D eigenvalue weighted by molar-refractivity contribution is 5.68. The summed E-state index contributed by atoms with van der Waals surface area (Å²) in [4.78, 5) is 10.7. The van der Waals surface area contributed by atoms with Gasteiger partial charge in [-0.3, -0.25) is 9.48 Å². The van der Waals surface area contributed by atoms with Crippen LogP contribution in [0.3, 0.4) is 0 Å². The van der Waals surface area contributed by atoms with Crippen molar-refractivity contribution in [3.05, 3.63) is 18.5 Å². The van der Waals surface area contributed by atoms with Crippen LogP contribution in [-0.4, -0.2) is 46.0 Å². The zero-order valence-corrected chi connectivity index (χ0v) is 9.72. The summed E-state index contributed by atoms with van der Waals surface area (Å²) >= 11 is 0. The molecule has 0 saturated carbocycles. The molecular formula is C11H18N4O2. The van der Waals surface area contributed by atoms with E-state index in [-0.39, 0.29) is 12.0 Å². The monoisotopic (exact) mass is 238 g/mol. The molecule has 0 aromatic carbocycles. The van der Waals surface area contributed by atoms with Crippen LogP contribution in [0, 0.1) is 0 Å². The molecule has 2 rings (SSSR count). The Hall–Kier alpha value is -1.40. The molecule has 6 nitrogen and oxygen atoms in total. The van der Waals surface area contributed by atoms with Gasteiger partial charge in [0.25, 0.3) is 0 Å². The van der Waals surface area contributed by atoms with E-state index in [1.165, 1.54) is 0 Å². The third-order valence-corrected chi connectivity index (χ3v) is 3.04. The summed E-state index contributed by atoms with van der Waals surface area (Å²) < 4.78 is 1.88. The third kappa shape index (κ3) is 3.28. The van der Waals surface area contributed by atoms with E-state index in [9.17, 15) is 4.79 Å². The number of hydrogen-bond donors (Lipinski definition) is 3. The van der Waals surface area contributed by atoms with Gasteiger partial charge in [0.2, 0.25) is 0 Å². The fraction of sp³-hybridized carbons (Fsp3) is 0.636. The van der Waals surface area contributed by atoms with Gasteiger partial charge < -0.3 is 15.7 Å². The maximum Gasteiger partial charge on any atom is 0.305 e. The van der Waals surface area contributed by atoms with E-state index in [1.807, 2.05) is 16.9 Å². The zero-order chi connectivity index (χ0) is 12.1. The lowest BCUT2D eigenvalue weighted by Crippen LogP contribution is -2.68. The predicted molar refractivity (Wildman–Crippen MR) is 62.7 cm³/mol. The summed E-state index contributed by atoms with van der Waals surface area (Å²) in [6.45, 7) is 3.15. The maximum atomic E-state index is 10.7. The maximum absolute atomic E-state index is 10.7. The van der Waals surface area contributed by atoms with Gasteiger partial charge in [0.05, 0.1) is 12.0 Å². The largest absolute Gasteiger partial charge is 0.481 e. The van der Waals surface area contributed by atoms with Gasteiger partial charge >= 0.3 is 5.97 Å². The normalized spacial score (nSPS) is 17.6. The van der Waals surface area contributed by atoms with E-state index in [0.717, 1.165) is 32.6 Å². The molecule has 0 unspecified atom stereocenters. The molecule has 6 heteroatoms. The Kier molecular flexibility index (Phi) is 3.75. The van der Waals surface area contributed by atoms with E-state index in [0.29, 0.717) is 0 Å². The molecule has 0 spiro atoms. The Balaban J connectivity index is 1.68. The molecule has 94 valence electrons. The summed E-state index contributed by atoms with van der Waals surface area (Å²) in [5.41, 5.74) is -0.240. The van der Waals surface area contributed by atoms with Crippen molar-refractivity contribution < 1.29 is 9.90 Å². The molecule has 0 atom stereocenters. The number of carboxylic acids is 1. The Morgan fingerprint density at radius 2 is 2.41 bits per heavy atom. The molecule has 2 heterocycles. The number of aromatic nitrogens is 2. The number of carboxylic acid groups (broad SMARTS) is 1. The fourth-order valence-electron chi connectivity index (χ4n) is 2.06. The van der Waals surface area contributed by atoms with Crippen LogP contribution in [0.4, 0.5) is 0 Å². The van der Waals surface area contributed by atoms with Gasteiger partial charge in [0, 0.05) is 32.0 Å². The third-order valence-electron chi connectivity index (χ3n) is 3.04. The first-order chi connectivity index (χ1) is 8.20. The van der Waals surface area contributed by atoms with Crippen molar-refractivity contribution in [2.24, 2.45) is 0 Å². The number of aryl methyl sites for hydroxylation is 1. The van der Waals surface area contributed by atoms with Crippen molar-refractivity contribution in [3.63, 3.8) is 0 Å². The van der Waals surface area contributed by atoms with E-state index in [4.69, 9.17) is 5.11 Å². The van der Waals surface area contributed by atoms with Crippen molar-refractivity contribution >= 4 is 5.97 Å².